The maximum atomic E-state index is 11.4. The van der Waals surface area contributed by atoms with Gasteiger partial charge in [0.05, 0.1) is 6.20 Å². The number of urea groups is 1. The van der Waals surface area contributed by atoms with E-state index in [0.29, 0.717) is 10.7 Å². The highest BCUT2D eigenvalue weighted by molar-refractivity contribution is 6.30. The molecule has 0 unspecified atom stereocenters. The van der Waals surface area contributed by atoms with Crippen LogP contribution in [0.3, 0.4) is 0 Å². The third kappa shape index (κ3) is 2.74. The Labute approximate surface area is 96.4 Å². The molecule has 16 heavy (non-hydrogen) atoms. The molecular weight excluding hydrogens is 230 g/mol. The Hall–Kier alpha value is -2.01. The van der Waals surface area contributed by atoms with Crippen molar-refractivity contribution in [3.63, 3.8) is 0 Å². The van der Waals surface area contributed by atoms with Crippen LogP contribution in [0.15, 0.2) is 41.1 Å². The van der Waals surface area contributed by atoms with Crippen molar-refractivity contribution < 1.29 is 9.32 Å². The number of amides is 2. The van der Waals surface area contributed by atoms with Gasteiger partial charge in [-0.3, -0.25) is 5.32 Å². The second-order valence-corrected chi connectivity index (χ2v) is 3.40. The van der Waals surface area contributed by atoms with Gasteiger partial charge in [0.2, 0.25) is 5.88 Å². The summed E-state index contributed by atoms with van der Waals surface area (Å²) in [4.78, 5) is 11.4. The molecule has 6 heteroatoms. The molecule has 2 amide bonds. The van der Waals surface area contributed by atoms with Crippen LogP contribution in [-0.2, 0) is 0 Å². The summed E-state index contributed by atoms with van der Waals surface area (Å²) >= 11 is 5.71. The lowest BCUT2D eigenvalue weighted by Gasteiger charge is -2.04. The summed E-state index contributed by atoms with van der Waals surface area (Å²) in [6.07, 6.45) is 1.44. The molecule has 1 aromatic heterocycles. The van der Waals surface area contributed by atoms with E-state index in [9.17, 15) is 4.79 Å². The van der Waals surface area contributed by atoms with E-state index in [0.717, 1.165) is 0 Å². The molecule has 2 rings (SSSR count). The lowest BCUT2D eigenvalue weighted by atomic mass is 10.3. The first-order valence-electron chi connectivity index (χ1n) is 4.48. The zero-order valence-electron chi connectivity index (χ0n) is 8.11. The Morgan fingerprint density at radius 2 is 1.94 bits per heavy atom. The molecule has 0 aliphatic rings. The topological polar surface area (TPSA) is 67.2 Å². The fraction of sp³-hybridized carbons (Fsp3) is 0. The number of aromatic nitrogens is 1. The number of nitrogens with zero attached hydrogens (tertiary/aromatic N) is 1. The van der Waals surface area contributed by atoms with E-state index in [4.69, 9.17) is 16.1 Å². The lowest BCUT2D eigenvalue weighted by molar-refractivity contribution is 0.261. The minimum atomic E-state index is -0.404. The number of hydrogen-bond acceptors (Lipinski definition) is 3. The number of benzene rings is 1. The van der Waals surface area contributed by atoms with Crippen LogP contribution in [0.5, 0.6) is 0 Å². The molecule has 0 bridgehead atoms. The summed E-state index contributed by atoms with van der Waals surface area (Å²) in [7, 11) is 0. The first-order valence-corrected chi connectivity index (χ1v) is 4.86. The van der Waals surface area contributed by atoms with Crippen LogP contribution in [-0.4, -0.2) is 11.2 Å². The van der Waals surface area contributed by atoms with Crippen molar-refractivity contribution in [1.82, 2.24) is 5.16 Å². The van der Waals surface area contributed by atoms with Gasteiger partial charge in [-0.05, 0) is 24.3 Å². The second kappa shape index (κ2) is 4.67. The molecule has 0 fully saturated rings. The number of rotatable bonds is 2. The maximum Gasteiger partial charge on any atom is 0.326 e. The van der Waals surface area contributed by atoms with Gasteiger partial charge in [-0.1, -0.05) is 16.8 Å². The van der Waals surface area contributed by atoms with Gasteiger partial charge < -0.3 is 9.84 Å². The van der Waals surface area contributed by atoms with E-state index >= 15 is 0 Å². The Morgan fingerprint density at radius 1 is 1.19 bits per heavy atom. The number of halogens is 1. The van der Waals surface area contributed by atoms with E-state index in [1.54, 1.807) is 30.3 Å². The van der Waals surface area contributed by atoms with Crippen LogP contribution >= 0.6 is 11.6 Å². The highest BCUT2D eigenvalue weighted by Crippen LogP contribution is 2.13. The molecule has 2 aromatic rings. The van der Waals surface area contributed by atoms with E-state index in [1.807, 2.05) is 0 Å². The van der Waals surface area contributed by atoms with Gasteiger partial charge in [-0.25, -0.2) is 4.79 Å². The molecule has 1 aromatic carbocycles. The van der Waals surface area contributed by atoms with Crippen molar-refractivity contribution in [3.05, 3.63) is 41.6 Å². The quantitative estimate of drug-likeness (QED) is 0.844. The van der Waals surface area contributed by atoms with Crippen molar-refractivity contribution in [2.75, 3.05) is 10.6 Å². The third-order valence-electron chi connectivity index (χ3n) is 1.78. The van der Waals surface area contributed by atoms with Crippen molar-refractivity contribution in [2.45, 2.75) is 0 Å². The lowest BCUT2D eigenvalue weighted by Crippen LogP contribution is -2.18. The van der Waals surface area contributed by atoms with Gasteiger partial charge in [0.15, 0.2) is 0 Å². The first-order chi connectivity index (χ1) is 7.74. The van der Waals surface area contributed by atoms with Crippen LogP contribution in [0.4, 0.5) is 16.4 Å². The van der Waals surface area contributed by atoms with Gasteiger partial charge >= 0.3 is 6.03 Å². The standard InChI is InChI=1S/C10H8ClN3O2/c11-7-1-3-8(4-2-7)13-10(15)14-9-5-6-12-16-9/h1-6H,(H2,13,14,15). The van der Waals surface area contributed by atoms with Crippen LogP contribution in [0.2, 0.25) is 5.02 Å². The number of anilines is 2. The predicted octanol–water partition coefficient (Wildman–Crippen LogP) is 2.97. The zero-order chi connectivity index (χ0) is 11.4. The van der Waals surface area contributed by atoms with Gasteiger partial charge in [-0.15, -0.1) is 0 Å². The van der Waals surface area contributed by atoms with E-state index in [1.165, 1.54) is 6.20 Å². The van der Waals surface area contributed by atoms with Crippen LogP contribution in [0.25, 0.3) is 0 Å². The summed E-state index contributed by atoms with van der Waals surface area (Å²) in [5, 5.41) is 9.15. The number of carbonyl (C=O) groups is 1. The van der Waals surface area contributed by atoms with Crippen LogP contribution < -0.4 is 10.6 Å². The average molecular weight is 238 g/mol. The fourth-order valence-corrected chi connectivity index (χ4v) is 1.21. The molecule has 0 aliphatic carbocycles. The Morgan fingerprint density at radius 3 is 2.56 bits per heavy atom. The Balaban J connectivity index is 1.95. The van der Waals surface area contributed by atoms with E-state index < -0.39 is 6.03 Å². The smallest absolute Gasteiger partial charge is 0.326 e. The summed E-state index contributed by atoms with van der Waals surface area (Å²) in [5.74, 6) is 0.284. The number of carbonyl (C=O) groups excluding carboxylic acids is 1. The van der Waals surface area contributed by atoms with Crippen LogP contribution in [0.1, 0.15) is 0 Å². The summed E-state index contributed by atoms with van der Waals surface area (Å²) in [6, 6.07) is 7.91. The molecule has 5 nitrogen and oxygen atoms in total. The minimum Gasteiger partial charge on any atom is -0.338 e. The van der Waals surface area contributed by atoms with E-state index in [2.05, 4.69) is 15.8 Å². The molecule has 2 N–H and O–H groups in total. The molecule has 0 spiro atoms. The normalized spacial score (nSPS) is 9.81. The van der Waals surface area contributed by atoms with Crippen molar-refractivity contribution in [3.8, 4) is 0 Å². The summed E-state index contributed by atoms with van der Waals surface area (Å²) in [6.45, 7) is 0. The molecule has 0 saturated carbocycles. The molecule has 0 atom stereocenters. The molecule has 0 aliphatic heterocycles. The van der Waals surface area contributed by atoms with Gasteiger partial charge in [-0.2, -0.15) is 0 Å². The fourth-order valence-electron chi connectivity index (χ4n) is 1.09. The molecule has 82 valence electrons. The third-order valence-corrected chi connectivity index (χ3v) is 2.03. The minimum absolute atomic E-state index is 0.284. The summed E-state index contributed by atoms with van der Waals surface area (Å²) < 4.78 is 4.72. The van der Waals surface area contributed by atoms with Crippen molar-refractivity contribution >= 4 is 29.2 Å². The highest BCUT2D eigenvalue weighted by atomic mass is 35.5. The average Bonchev–Trinajstić information content (AvgIpc) is 2.74. The van der Waals surface area contributed by atoms with Crippen molar-refractivity contribution in [2.24, 2.45) is 0 Å². The maximum absolute atomic E-state index is 11.4. The first kappa shape index (κ1) is 10.5. The SMILES string of the molecule is O=C(Nc1ccc(Cl)cc1)Nc1ccno1. The van der Waals surface area contributed by atoms with Gasteiger partial charge in [0.25, 0.3) is 0 Å². The Bertz CT molecular complexity index is 467. The zero-order valence-corrected chi connectivity index (χ0v) is 8.86. The Kier molecular flexibility index (Phi) is 3.07. The summed E-state index contributed by atoms with van der Waals surface area (Å²) in [5.41, 5.74) is 0.640. The monoisotopic (exact) mass is 237 g/mol. The largest absolute Gasteiger partial charge is 0.338 e. The molecular formula is C10H8ClN3O2. The van der Waals surface area contributed by atoms with Crippen molar-refractivity contribution in [1.29, 1.82) is 0 Å². The van der Waals surface area contributed by atoms with E-state index in [-0.39, 0.29) is 5.88 Å². The van der Waals surface area contributed by atoms with Gasteiger partial charge in [0.1, 0.15) is 0 Å². The van der Waals surface area contributed by atoms with Crippen LogP contribution in [0, 0.1) is 0 Å². The second-order valence-electron chi connectivity index (χ2n) is 2.96. The predicted molar refractivity (Wildman–Crippen MR) is 60.6 cm³/mol. The highest BCUT2D eigenvalue weighted by Gasteiger charge is 2.04. The number of hydrogen-bond donors (Lipinski definition) is 2. The van der Waals surface area contributed by atoms with Gasteiger partial charge in [0, 0.05) is 16.8 Å². The number of nitrogens with one attached hydrogen (secondary N) is 2. The molecule has 0 radical (unpaired) electrons. The molecule has 1 heterocycles. The molecule has 0 saturated heterocycles.